The second-order valence-corrected chi connectivity index (χ2v) is 6.23. The summed E-state index contributed by atoms with van der Waals surface area (Å²) in [5, 5.41) is 5.18. The standard InChI is InChI=1S/C20H22N2O7/c1-3-13-18(19(24)26-4-2)14(22-20(25)21-13)10-27-17(23)8-6-12-5-7-15-16(9-12)29-11-28-15/h5-9,13H,3-4,10-11H2,1-2H3,(H2,21,22,25)/b8-6+/t13-/m0/s1. The van der Waals surface area contributed by atoms with E-state index in [2.05, 4.69) is 10.6 Å². The molecule has 9 nitrogen and oxygen atoms in total. The average molecular weight is 402 g/mol. The first-order valence-corrected chi connectivity index (χ1v) is 9.24. The maximum Gasteiger partial charge on any atom is 0.338 e. The molecule has 3 rings (SSSR count). The molecule has 1 aromatic rings. The van der Waals surface area contributed by atoms with Crippen LogP contribution in [-0.4, -0.2) is 44.0 Å². The van der Waals surface area contributed by atoms with Gasteiger partial charge in [0.2, 0.25) is 6.79 Å². The third-order valence-corrected chi connectivity index (χ3v) is 4.31. The fourth-order valence-electron chi connectivity index (χ4n) is 2.95. The summed E-state index contributed by atoms with van der Waals surface area (Å²) in [6, 6.07) is 4.29. The molecule has 0 aliphatic carbocycles. The quantitative estimate of drug-likeness (QED) is 0.529. The van der Waals surface area contributed by atoms with Crippen molar-refractivity contribution < 1.29 is 33.3 Å². The lowest BCUT2D eigenvalue weighted by Gasteiger charge is -2.28. The molecule has 0 fully saturated rings. The Balaban J connectivity index is 1.67. The molecule has 1 aromatic carbocycles. The molecule has 2 heterocycles. The molecule has 0 spiro atoms. The Kier molecular flexibility index (Phi) is 6.38. The van der Waals surface area contributed by atoms with Crippen LogP contribution in [0.3, 0.4) is 0 Å². The summed E-state index contributed by atoms with van der Waals surface area (Å²) in [7, 11) is 0. The molecule has 0 unspecified atom stereocenters. The van der Waals surface area contributed by atoms with Crippen molar-refractivity contribution in [1.29, 1.82) is 0 Å². The van der Waals surface area contributed by atoms with Crippen molar-refractivity contribution >= 4 is 24.0 Å². The number of urea groups is 1. The number of carbonyl (C=O) groups excluding carboxylic acids is 3. The van der Waals surface area contributed by atoms with Crippen molar-refractivity contribution in [3.05, 3.63) is 41.1 Å². The van der Waals surface area contributed by atoms with E-state index in [4.69, 9.17) is 18.9 Å². The number of hydrogen-bond acceptors (Lipinski definition) is 7. The number of nitrogens with one attached hydrogen (secondary N) is 2. The smallest absolute Gasteiger partial charge is 0.338 e. The second kappa shape index (κ2) is 9.13. The molecule has 2 N–H and O–H groups in total. The first-order valence-electron chi connectivity index (χ1n) is 9.24. The molecule has 1 atom stereocenters. The molecule has 2 aliphatic heterocycles. The van der Waals surface area contributed by atoms with Gasteiger partial charge in [0.1, 0.15) is 6.61 Å². The van der Waals surface area contributed by atoms with Crippen LogP contribution >= 0.6 is 0 Å². The molecule has 29 heavy (non-hydrogen) atoms. The lowest BCUT2D eigenvalue weighted by atomic mass is 10.0. The van der Waals surface area contributed by atoms with Crippen molar-refractivity contribution in [2.75, 3.05) is 20.0 Å². The topological polar surface area (TPSA) is 112 Å². The highest BCUT2D eigenvalue weighted by Crippen LogP contribution is 2.32. The maximum atomic E-state index is 12.3. The minimum atomic E-state index is -0.626. The van der Waals surface area contributed by atoms with Crippen LogP contribution in [0.4, 0.5) is 4.79 Å². The van der Waals surface area contributed by atoms with Gasteiger partial charge in [0.05, 0.1) is 23.9 Å². The number of carbonyl (C=O) groups is 3. The molecule has 2 aliphatic rings. The zero-order valence-corrected chi connectivity index (χ0v) is 16.2. The fourth-order valence-corrected chi connectivity index (χ4v) is 2.95. The number of ether oxygens (including phenoxy) is 4. The van der Waals surface area contributed by atoms with Gasteiger partial charge in [0.15, 0.2) is 11.5 Å². The summed E-state index contributed by atoms with van der Waals surface area (Å²) < 4.78 is 20.8. The van der Waals surface area contributed by atoms with Crippen molar-refractivity contribution in [3.8, 4) is 11.5 Å². The Labute approximate surface area is 167 Å². The zero-order chi connectivity index (χ0) is 20.8. The van der Waals surface area contributed by atoms with Crippen LogP contribution in [0, 0.1) is 0 Å². The van der Waals surface area contributed by atoms with Gasteiger partial charge in [-0.25, -0.2) is 14.4 Å². The fraction of sp³-hybridized carbons (Fsp3) is 0.350. The van der Waals surface area contributed by atoms with Crippen molar-refractivity contribution in [1.82, 2.24) is 10.6 Å². The van der Waals surface area contributed by atoms with Gasteiger partial charge >= 0.3 is 18.0 Å². The molecule has 9 heteroatoms. The minimum Gasteiger partial charge on any atom is -0.463 e. The SMILES string of the molecule is CCOC(=O)C1=C(COC(=O)/C=C/c2ccc3c(c2)OCO3)NC(=O)N[C@H]1CC. The van der Waals surface area contributed by atoms with E-state index >= 15 is 0 Å². The summed E-state index contributed by atoms with van der Waals surface area (Å²) in [4.78, 5) is 36.2. The van der Waals surface area contributed by atoms with Crippen LogP contribution < -0.4 is 20.1 Å². The van der Waals surface area contributed by atoms with Crippen molar-refractivity contribution in [2.24, 2.45) is 0 Å². The number of benzene rings is 1. The van der Waals surface area contributed by atoms with E-state index in [1.54, 1.807) is 31.2 Å². The number of hydrogen-bond donors (Lipinski definition) is 2. The molecule has 2 amide bonds. The molecular formula is C20H22N2O7. The summed E-state index contributed by atoms with van der Waals surface area (Å²) >= 11 is 0. The van der Waals surface area contributed by atoms with Crippen LogP contribution in [0.2, 0.25) is 0 Å². The summed E-state index contributed by atoms with van der Waals surface area (Å²) in [6.07, 6.45) is 3.31. The van der Waals surface area contributed by atoms with E-state index < -0.39 is 24.0 Å². The Morgan fingerprint density at radius 1 is 1.21 bits per heavy atom. The summed E-state index contributed by atoms with van der Waals surface area (Å²) in [5.74, 6) is 0.0658. The predicted molar refractivity (Wildman–Crippen MR) is 102 cm³/mol. The maximum absolute atomic E-state index is 12.3. The Hall–Kier alpha value is -3.49. The highest BCUT2D eigenvalue weighted by atomic mass is 16.7. The van der Waals surface area contributed by atoms with Gasteiger partial charge in [-0.1, -0.05) is 13.0 Å². The largest absolute Gasteiger partial charge is 0.463 e. The first kappa shape index (κ1) is 20.2. The Morgan fingerprint density at radius 3 is 2.76 bits per heavy atom. The highest BCUT2D eigenvalue weighted by Gasteiger charge is 2.31. The van der Waals surface area contributed by atoms with Crippen LogP contribution in [0.15, 0.2) is 35.5 Å². The Morgan fingerprint density at radius 2 is 2.00 bits per heavy atom. The summed E-state index contributed by atoms with van der Waals surface area (Å²) in [5.41, 5.74) is 1.20. The zero-order valence-electron chi connectivity index (χ0n) is 16.2. The number of amides is 2. The van der Waals surface area contributed by atoms with Gasteiger partial charge in [0, 0.05) is 6.08 Å². The number of rotatable bonds is 7. The second-order valence-electron chi connectivity index (χ2n) is 6.23. The van der Waals surface area contributed by atoms with Gasteiger partial charge in [0.25, 0.3) is 0 Å². The minimum absolute atomic E-state index is 0.168. The molecule has 0 saturated carbocycles. The van der Waals surface area contributed by atoms with E-state index in [9.17, 15) is 14.4 Å². The summed E-state index contributed by atoms with van der Waals surface area (Å²) in [6.45, 7) is 3.62. The van der Waals surface area contributed by atoms with Gasteiger partial charge in [-0.2, -0.15) is 0 Å². The van der Waals surface area contributed by atoms with E-state index in [0.717, 1.165) is 5.56 Å². The average Bonchev–Trinajstić information content (AvgIpc) is 3.18. The normalized spacial score (nSPS) is 17.7. The van der Waals surface area contributed by atoms with Gasteiger partial charge < -0.3 is 29.6 Å². The number of fused-ring (bicyclic) bond motifs is 1. The van der Waals surface area contributed by atoms with Crippen LogP contribution in [-0.2, 0) is 19.1 Å². The van der Waals surface area contributed by atoms with Crippen molar-refractivity contribution in [3.63, 3.8) is 0 Å². The molecule has 0 radical (unpaired) electrons. The Bertz CT molecular complexity index is 876. The third kappa shape index (κ3) is 4.87. The highest BCUT2D eigenvalue weighted by molar-refractivity contribution is 5.95. The molecular weight excluding hydrogens is 380 g/mol. The first-order chi connectivity index (χ1) is 14.0. The number of esters is 2. The van der Waals surface area contributed by atoms with Gasteiger partial charge in [-0.15, -0.1) is 0 Å². The van der Waals surface area contributed by atoms with E-state index in [1.165, 1.54) is 6.08 Å². The van der Waals surface area contributed by atoms with E-state index in [0.29, 0.717) is 17.9 Å². The predicted octanol–water partition coefficient (Wildman–Crippen LogP) is 1.88. The van der Waals surface area contributed by atoms with Crippen LogP contribution in [0.25, 0.3) is 6.08 Å². The van der Waals surface area contributed by atoms with Gasteiger partial charge in [-0.05, 0) is 37.1 Å². The molecule has 0 aromatic heterocycles. The van der Waals surface area contributed by atoms with Gasteiger partial charge in [-0.3, -0.25) is 0 Å². The van der Waals surface area contributed by atoms with Crippen LogP contribution in [0.5, 0.6) is 11.5 Å². The lowest BCUT2D eigenvalue weighted by Crippen LogP contribution is -2.51. The van der Waals surface area contributed by atoms with E-state index in [1.807, 2.05) is 6.92 Å². The third-order valence-electron chi connectivity index (χ3n) is 4.31. The lowest BCUT2D eigenvalue weighted by molar-refractivity contribution is -0.140. The van der Waals surface area contributed by atoms with Crippen LogP contribution in [0.1, 0.15) is 25.8 Å². The van der Waals surface area contributed by atoms with E-state index in [-0.39, 0.29) is 31.3 Å². The van der Waals surface area contributed by atoms with Crippen molar-refractivity contribution in [2.45, 2.75) is 26.3 Å². The monoisotopic (exact) mass is 402 g/mol. The molecule has 154 valence electrons. The molecule has 0 bridgehead atoms. The molecule has 0 saturated heterocycles.